The number of aromatic hydroxyl groups is 1. The maximum Gasteiger partial charge on any atom is 0.325 e. The number of carbonyl (C=O) groups is 5. The standard InChI is InChI=1S/C26H32N4O8/c1-15(26(37)38)28-25(36)21(14-16-5-3-2-4-6-16)30-24(35)20(11-12-22(32)33)29-23(34)19(27)13-17-7-9-18(31)10-8-17/h2-10,15,19-21,31H,11-14,27H2,1H3,(H,28,36)(H,29,34)(H,30,35)(H,32,33)(H,37,38). The van der Waals surface area contributed by atoms with Crippen LogP contribution < -0.4 is 21.7 Å². The lowest BCUT2D eigenvalue weighted by atomic mass is 10.0. The second-order valence-corrected chi connectivity index (χ2v) is 8.79. The van der Waals surface area contributed by atoms with Gasteiger partial charge in [-0.25, -0.2) is 0 Å². The number of hydrogen-bond acceptors (Lipinski definition) is 7. The molecule has 0 aliphatic heterocycles. The number of nitrogens with two attached hydrogens (primary N) is 1. The van der Waals surface area contributed by atoms with Gasteiger partial charge in [0.2, 0.25) is 17.7 Å². The van der Waals surface area contributed by atoms with Crippen LogP contribution >= 0.6 is 0 Å². The summed E-state index contributed by atoms with van der Waals surface area (Å²) in [6.07, 6.45) is -0.614. The molecule has 2 aromatic rings. The quantitative estimate of drug-likeness (QED) is 0.175. The van der Waals surface area contributed by atoms with Crippen LogP contribution in [-0.2, 0) is 36.8 Å². The zero-order chi connectivity index (χ0) is 28.2. The van der Waals surface area contributed by atoms with Crippen LogP contribution in [0.5, 0.6) is 5.75 Å². The molecule has 0 aromatic heterocycles. The Morgan fingerprint density at radius 3 is 1.89 bits per heavy atom. The van der Waals surface area contributed by atoms with Gasteiger partial charge in [0.1, 0.15) is 23.9 Å². The predicted octanol–water partition coefficient (Wildman–Crippen LogP) is -0.0716. The van der Waals surface area contributed by atoms with Gasteiger partial charge in [-0.1, -0.05) is 42.5 Å². The van der Waals surface area contributed by atoms with Crippen molar-refractivity contribution < 1.29 is 39.3 Å². The maximum atomic E-state index is 13.2. The van der Waals surface area contributed by atoms with E-state index in [-0.39, 0.29) is 25.0 Å². The van der Waals surface area contributed by atoms with E-state index in [1.165, 1.54) is 19.1 Å². The lowest BCUT2D eigenvalue weighted by Gasteiger charge is -2.24. The number of amides is 3. The van der Waals surface area contributed by atoms with Crippen LogP contribution in [0.1, 0.15) is 30.9 Å². The molecule has 2 rings (SSSR count). The van der Waals surface area contributed by atoms with Gasteiger partial charge in [-0.2, -0.15) is 0 Å². The molecule has 8 N–H and O–H groups in total. The van der Waals surface area contributed by atoms with Crippen molar-refractivity contribution in [2.75, 3.05) is 0 Å². The van der Waals surface area contributed by atoms with Gasteiger partial charge in [-0.15, -0.1) is 0 Å². The molecule has 0 bridgehead atoms. The summed E-state index contributed by atoms with van der Waals surface area (Å²) in [6, 6.07) is 9.88. The number of phenolic OH excluding ortho intramolecular Hbond substituents is 1. The van der Waals surface area contributed by atoms with Crippen molar-refractivity contribution in [1.29, 1.82) is 0 Å². The third kappa shape index (κ3) is 9.90. The van der Waals surface area contributed by atoms with Crippen LogP contribution in [0.4, 0.5) is 0 Å². The average Bonchev–Trinajstić information content (AvgIpc) is 2.87. The molecule has 0 spiro atoms. The lowest BCUT2D eigenvalue weighted by Crippen LogP contribution is -2.57. The third-order valence-corrected chi connectivity index (χ3v) is 5.65. The summed E-state index contributed by atoms with van der Waals surface area (Å²) in [5.41, 5.74) is 7.32. The molecule has 4 atom stereocenters. The average molecular weight is 529 g/mol. The number of nitrogens with one attached hydrogen (secondary N) is 3. The number of carboxylic acid groups (broad SMARTS) is 2. The fraction of sp³-hybridized carbons (Fsp3) is 0.346. The van der Waals surface area contributed by atoms with Crippen molar-refractivity contribution in [3.63, 3.8) is 0 Å². The molecule has 0 fully saturated rings. The lowest BCUT2D eigenvalue weighted by molar-refractivity contribution is -0.141. The van der Waals surface area contributed by atoms with Crippen molar-refractivity contribution >= 4 is 29.7 Å². The third-order valence-electron chi connectivity index (χ3n) is 5.65. The summed E-state index contributed by atoms with van der Waals surface area (Å²) in [4.78, 5) is 61.1. The molecule has 2 aromatic carbocycles. The Kier molecular flexibility index (Phi) is 11.2. The first kappa shape index (κ1) is 29.8. The van der Waals surface area contributed by atoms with E-state index < -0.39 is 60.2 Å². The van der Waals surface area contributed by atoms with Gasteiger partial charge in [0.15, 0.2) is 0 Å². The van der Waals surface area contributed by atoms with Crippen molar-refractivity contribution in [2.45, 2.75) is 56.8 Å². The minimum Gasteiger partial charge on any atom is -0.508 e. The Balaban J connectivity index is 2.17. The molecule has 0 heterocycles. The first-order valence-electron chi connectivity index (χ1n) is 11.9. The number of hydrogen-bond donors (Lipinski definition) is 7. The van der Waals surface area contributed by atoms with E-state index in [4.69, 9.17) is 15.9 Å². The highest BCUT2D eigenvalue weighted by atomic mass is 16.4. The highest BCUT2D eigenvalue weighted by Crippen LogP contribution is 2.11. The molecular formula is C26H32N4O8. The van der Waals surface area contributed by atoms with E-state index in [9.17, 15) is 29.1 Å². The van der Waals surface area contributed by atoms with Gasteiger partial charge in [-0.3, -0.25) is 24.0 Å². The van der Waals surface area contributed by atoms with E-state index in [0.29, 0.717) is 11.1 Å². The Morgan fingerprint density at radius 2 is 1.32 bits per heavy atom. The SMILES string of the molecule is CC(NC(=O)C(Cc1ccccc1)NC(=O)C(CCC(=O)O)NC(=O)C(N)Cc1ccc(O)cc1)C(=O)O. The van der Waals surface area contributed by atoms with Crippen LogP contribution in [0.2, 0.25) is 0 Å². The Labute approximate surface area is 219 Å². The normalized spacial score (nSPS) is 13.8. The maximum absolute atomic E-state index is 13.2. The van der Waals surface area contributed by atoms with Gasteiger partial charge in [0.25, 0.3) is 0 Å². The molecule has 12 nitrogen and oxygen atoms in total. The van der Waals surface area contributed by atoms with Crippen molar-refractivity contribution in [3.8, 4) is 5.75 Å². The van der Waals surface area contributed by atoms with Crippen molar-refractivity contribution in [2.24, 2.45) is 5.73 Å². The van der Waals surface area contributed by atoms with E-state index in [1.54, 1.807) is 42.5 Å². The molecule has 0 aliphatic rings. The second kappa shape index (κ2) is 14.3. The second-order valence-electron chi connectivity index (χ2n) is 8.79. The van der Waals surface area contributed by atoms with Crippen LogP contribution in [-0.4, -0.2) is 69.1 Å². The summed E-state index contributed by atoms with van der Waals surface area (Å²) in [6.45, 7) is 1.27. The predicted molar refractivity (Wildman–Crippen MR) is 136 cm³/mol. The molecule has 0 saturated heterocycles. The molecular weight excluding hydrogens is 496 g/mol. The molecule has 3 amide bonds. The summed E-state index contributed by atoms with van der Waals surface area (Å²) in [7, 11) is 0. The zero-order valence-corrected chi connectivity index (χ0v) is 20.8. The number of carboxylic acids is 2. The van der Waals surface area contributed by atoms with E-state index in [0.717, 1.165) is 0 Å². The van der Waals surface area contributed by atoms with Crippen LogP contribution in [0.15, 0.2) is 54.6 Å². The summed E-state index contributed by atoms with van der Waals surface area (Å²) in [5, 5.41) is 34.9. The van der Waals surface area contributed by atoms with Crippen molar-refractivity contribution in [3.05, 3.63) is 65.7 Å². The zero-order valence-electron chi connectivity index (χ0n) is 20.8. The van der Waals surface area contributed by atoms with Gasteiger partial charge >= 0.3 is 11.9 Å². The molecule has 12 heteroatoms. The Morgan fingerprint density at radius 1 is 0.763 bits per heavy atom. The van der Waals surface area contributed by atoms with E-state index in [1.807, 2.05) is 0 Å². The van der Waals surface area contributed by atoms with E-state index in [2.05, 4.69) is 16.0 Å². The van der Waals surface area contributed by atoms with Crippen LogP contribution in [0.25, 0.3) is 0 Å². The molecule has 0 aliphatic carbocycles. The number of rotatable bonds is 14. The minimum atomic E-state index is -1.33. The summed E-state index contributed by atoms with van der Waals surface area (Å²) >= 11 is 0. The molecule has 0 saturated carbocycles. The fourth-order valence-corrected chi connectivity index (χ4v) is 3.50. The monoisotopic (exact) mass is 528 g/mol. The highest BCUT2D eigenvalue weighted by Gasteiger charge is 2.30. The Hall–Kier alpha value is -4.45. The van der Waals surface area contributed by atoms with Gasteiger partial charge in [-0.05, 0) is 43.0 Å². The molecule has 0 radical (unpaired) electrons. The number of phenols is 1. The van der Waals surface area contributed by atoms with Crippen molar-refractivity contribution in [1.82, 2.24) is 16.0 Å². The minimum absolute atomic E-state index is 0.0186. The topological polar surface area (TPSA) is 208 Å². The molecule has 38 heavy (non-hydrogen) atoms. The summed E-state index contributed by atoms with van der Waals surface area (Å²) < 4.78 is 0. The first-order chi connectivity index (χ1) is 18.0. The summed E-state index contributed by atoms with van der Waals surface area (Å²) in [5.74, 6) is -4.72. The number of carbonyl (C=O) groups excluding carboxylic acids is 3. The van der Waals surface area contributed by atoms with Gasteiger partial charge < -0.3 is 37.0 Å². The molecule has 204 valence electrons. The van der Waals surface area contributed by atoms with Crippen LogP contribution in [0, 0.1) is 0 Å². The van der Waals surface area contributed by atoms with Gasteiger partial charge in [0, 0.05) is 12.8 Å². The fourth-order valence-electron chi connectivity index (χ4n) is 3.50. The van der Waals surface area contributed by atoms with Gasteiger partial charge in [0.05, 0.1) is 6.04 Å². The highest BCUT2D eigenvalue weighted by molar-refractivity contribution is 5.94. The van der Waals surface area contributed by atoms with E-state index >= 15 is 0 Å². The van der Waals surface area contributed by atoms with Crippen LogP contribution in [0.3, 0.4) is 0 Å². The smallest absolute Gasteiger partial charge is 0.325 e. The molecule has 4 unspecified atom stereocenters. The first-order valence-corrected chi connectivity index (χ1v) is 11.9. The Bertz CT molecular complexity index is 1120. The number of benzene rings is 2. The number of aliphatic carboxylic acids is 2. The largest absolute Gasteiger partial charge is 0.508 e.